The van der Waals surface area contributed by atoms with Gasteiger partial charge in [0.05, 0.1) is 19.8 Å². The predicted molar refractivity (Wildman–Crippen MR) is 95.9 cm³/mol. The molecular formula is C16H18N5O3S+. The summed E-state index contributed by atoms with van der Waals surface area (Å²) < 4.78 is 1.69. The number of likely N-dealkylation sites (N-methyl/N-ethyl adjacent to an activating group) is 2. The molecule has 1 fully saturated rings. The summed E-state index contributed by atoms with van der Waals surface area (Å²) in [6.45, 7) is 0. The number of imide groups is 1. The van der Waals surface area contributed by atoms with Gasteiger partial charge in [0.15, 0.2) is 0 Å². The molecule has 1 saturated heterocycles. The van der Waals surface area contributed by atoms with Crippen LogP contribution >= 0.6 is 11.8 Å². The second kappa shape index (κ2) is 6.67. The molecule has 1 atom stereocenters. The zero-order valence-corrected chi connectivity index (χ0v) is 14.9. The Labute approximate surface area is 149 Å². The van der Waals surface area contributed by atoms with Crippen molar-refractivity contribution in [3.05, 3.63) is 30.3 Å². The molecule has 0 aromatic heterocycles. The Morgan fingerprint density at radius 3 is 2.60 bits per heavy atom. The van der Waals surface area contributed by atoms with Gasteiger partial charge in [-0.25, -0.2) is 14.3 Å². The van der Waals surface area contributed by atoms with Gasteiger partial charge in [-0.3, -0.25) is 14.5 Å². The highest BCUT2D eigenvalue weighted by Crippen LogP contribution is 2.22. The van der Waals surface area contributed by atoms with Crippen LogP contribution in [0.15, 0.2) is 35.3 Å². The fourth-order valence-corrected chi connectivity index (χ4v) is 3.49. The Morgan fingerprint density at radius 2 is 1.92 bits per heavy atom. The molecule has 2 aliphatic rings. The van der Waals surface area contributed by atoms with Gasteiger partial charge in [0.2, 0.25) is 5.91 Å². The molecule has 0 bridgehead atoms. The summed E-state index contributed by atoms with van der Waals surface area (Å²) in [5, 5.41) is 3.33. The SMILES string of the molecule is CN1C(=O)C2N=C(SCC(=O)Nc3ccccc3)[N+](C)=C2N(C)C1=O. The average Bonchev–Trinajstić information content (AvgIpc) is 2.94. The molecule has 1 aromatic carbocycles. The van der Waals surface area contributed by atoms with E-state index < -0.39 is 12.1 Å². The lowest BCUT2D eigenvalue weighted by Crippen LogP contribution is -2.59. The van der Waals surface area contributed by atoms with E-state index in [4.69, 9.17) is 0 Å². The molecule has 0 aliphatic carbocycles. The van der Waals surface area contributed by atoms with Crippen molar-refractivity contribution >= 4 is 46.3 Å². The Balaban J connectivity index is 1.69. The highest BCUT2D eigenvalue weighted by molar-refractivity contribution is 8.14. The quantitative estimate of drug-likeness (QED) is 0.803. The lowest BCUT2D eigenvalue weighted by atomic mass is 10.2. The van der Waals surface area contributed by atoms with Gasteiger partial charge in [0.1, 0.15) is 0 Å². The predicted octanol–water partition coefficient (Wildman–Crippen LogP) is 0.661. The summed E-state index contributed by atoms with van der Waals surface area (Å²) in [4.78, 5) is 43.3. The Morgan fingerprint density at radius 1 is 1.24 bits per heavy atom. The second-order valence-electron chi connectivity index (χ2n) is 5.67. The van der Waals surface area contributed by atoms with Crippen LogP contribution in [0.3, 0.4) is 0 Å². The van der Waals surface area contributed by atoms with Crippen LogP contribution in [0.4, 0.5) is 10.5 Å². The van der Waals surface area contributed by atoms with Gasteiger partial charge in [0.25, 0.3) is 23.0 Å². The van der Waals surface area contributed by atoms with Gasteiger partial charge in [0, 0.05) is 12.7 Å². The summed E-state index contributed by atoms with van der Waals surface area (Å²) in [7, 11) is 4.78. The summed E-state index contributed by atoms with van der Waals surface area (Å²) in [6.07, 6.45) is 0. The molecule has 2 heterocycles. The number of nitrogens with one attached hydrogen (secondary N) is 1. The van der Waals surface area contributed by atoms with Crippen LogP contribution in [-0.4, -0.2) is 76.2 Å². The van der Waals surface area contributed by atoms with E-state index in [0.29, 0.717) is 11.0 Å². The van der Waals surface area contributed by atoms with Crippen LogP contribution in [0.5, 0.6) is 0 Å². The van der Waals surface area contributed by atoms with Crippen molar-refractivity contribution in [2.24, 2.45) is 4.99 Å². The van der Waals surface area contributed by atoms with Crippen molar-refractivity contribution in [3.8, 4) is 0 Å². The van der Waals surface area contributed by atoms with E-state index in [2.05, 4.69) is 10.3 Å². The zero-order chi connectivity index (χ0) is 18.1. The van der Waals surface area contributed by atoms with Crippen LogP contribution in [0.1, 0.15) is 0 Å². The minimum absolute atomic E-state index is 0.153. The number of para-hydroxylation sites is 1. The molecule has 4 amide bonds. The van der Waals surface area contributed by atoms with E-state index in [0.717, 1.165) is 10.6 Å². The lowest BCUT2D eigenvalue weighted by Gasteiger charge is -2.27. The van der Waals surface area contributed by atoms with E-state index in [1.165, 1.54) is 23.7 Å². The van der Waals surface area contributed by atoms with Crippen LogP contribution in [0, 0.1) is 0 Å². The molecule has 3 rings (SSSR count). The number of amides is 4. The maximum atomic E-state index is 12.3. The van der Waals surface area contributed by atoms with Crippen molar-refractivity contribution < 1.29 is 19.0 Å². The number of nitrogens with zero attached hydrogens (tertiary/aromatic N) is 4. The molecule has 1 unspecified atom stereocenters. The minimum atomic E-state index is -0.739. The van der Waals surface area contributed by atoms with E-state index in [1.54, 1.807) is 30.8 Å². The monoisotopic (exact) mass is 360 g/mol. The van der Waals surface area contributed by atoms with Crippen LogP contribution in [0.25, 0.3) is 0 Å². The van der Waals surface area contributed by atoms with Crippen molar-refractivity contribution in [1.82, 2.24) is 9.80 Å². The maximum absolute atomic E-state index is 12.3. The van der Waals surface area contributed by atoms with Gasteiger partial charge < -0.3 is 5.32 Å². The third-order valence-electron chi connectivity index (χ3n) is 3.99. The number of fused-ring (bicyclic) bond motifs is 1. The lowest BCUT2D eigenvalue weighted by molar-refractivity contribution is -0.367. The highest BCUT2D eigenvalue weighted by Gasteiger charge is 2.51. The van der Waals surface area contributed by atoms with E-state index in [9.17, 15) is 14.4 Å². The number of thioether (sulfide) groups is 1. The molecule has 1 aromatic rings. The largest absolute Gasteiger partial charge is 0.388 e. The molecule has 9 heteroatoms. The number of hydrogen-bond donors (Lipinski definition) is 1. The first kappa shape index (κ1) is 17.2. The Kier molecular flexibility index (Phi) is 4.58. The fourth-order valence-electron chi connectivity index (χ4n) is 2.69. The molecule has 0 saturated carbocycles. The number of benzene rings is 1. The van der Waals surface area contributed by atoms with Crippen LogP contribution in [-0.2, 0) is 9.59 Å². The first-order valence-corrected chi connectivity index (χ1v) is 8.60. The smallest absolute Gasteiger partial charge is 0.325 e. The number of aliphatic imine (C=N–C) groups is 1. The van der Waals surface area contributed by atoms with Crippen molar-refractivity contribution in [2.75, 3.05) is 32.2 Å². The van der Waals surface area contributed by atoms with Crippen LogP contribution < -0.4 is 5.32 Å². The Hall–Kier alpha value is -2.68. The average molecular weight is 360 g/mol. The topological polar surface area (TPSA) is 85.1 Å². The first-order chi connectivity index (χ1) is 11.9. The standard InChI is InChI=1S/C16H17N5O3S/c1-19-13-12(14(23)21(3)16(24)20(13)2)18-15(19)25-9-11(22)17-10-7-5-4-6-8-10/h4-8,12H,9H2,1-3H3/p+1. The number of rotatable bonds is 3. The van der Waals surface area contributed by atoms with Crippen molar-refractivity contribution in [2.45, 2.75) is 6.04 Å². The first-order valence-electron chi connectivity index (χ1n) is 7.61. The number of carbonyl (C=O) groups excluding carboxylic acids is 3. The number of urea groups is 1. The number of amidine groups is 2. The third-order valence-corrected chi connectivity index (χ3v) is 5.03. The molecule has 25 heavy (non-hydrogen) atoms. The van der Waals surface area contributed by atoms with E-state index in [-0.39, 0.29) is 17.6 Å². The minimum Gasteiger partial charge on any atom is -0.325 e. The Bertz CT molecular complexity index is 805. The van der Waals surface area contributed by atoms with Gasteiger partial charge in [-0.15, -0.1) is 4.99 Å². The molecule has 1 N–H and O–H groups in total. The van der Waals surface area contributed by atoms with Crippen LogP contribution in [0.2, 0.25) is 0 Å². The molecule has 130 valence electrons. The molecule has 8 nitrogen and oxygen atoms in total. The van der Waals surface area contributed by atoms with Gasteiger partial charge in [-0.2, -0.15) is 0 Å². The normalized spacial score (nSPS) is 20.0. The number of anilines is 1. The van der Waals surface area contributed by atoms with Gasteiger partial charge >= 0.3 is 6.03 Å². The summed E-state index contributed by atoms with van der Waals surface area (Å²) in [5.41, 5.74) is 0.722. The third kappa shape index (κ3) is 3.14. The maximum Gasteiger partial charge on any atom is 0.388 e. The fraction of sp³-hybridized carbons (Fsp3) is 0.312. The molecule has 0 spiro atoms. The van der Waals surface area contributed by atoms with E-state index in [1.807, 2.05) is 18.2 Å². The van der Waals surface area contributed by atoms with Crippen molar-refractivity contribution in [3.63, 3.8) is 0 Å². The molecule has 0 radical (unpaired) electrons. The van der Waals surface area contributed by atoms with Gasteiger partial charge in [-0.05, 0) is 23.9 Å². The molecular weight excluding hydrogens is 342 g/mol. The molecule has 2 aliphatic heterocycles. The highest BCUT2D eigenvalue weighted by atomic mass is 32.2. The number of carbonyl (C=O) groups is 3. The summed E-state index contributed by atoms with van der Waals surface area (Å²) >= 11 is 1.23. The summed E-state index contributed by atoms with van der Waals surface area (Å²) in [6, 6.07) is 8.03. The second-order valence-corrected chi connectivity index (χ2v) is 6.62. The number of hydrogen-bond acceptors (Lipinski definition) is 5. The van der Waals surface area contributed by atoms with Crippen molar-refractivity contribution in [1.29, 1.82) is 0 Å². The zero-order valence-electron chi connectivity index (χ0n) is 14.1. The van der Waals surface area contributed by atoms with E-state index >= 15 is 0 Å². The van der Waals surface area contributed by atoms with Gasteiger partial charge in [-0.1, -0.05) is 18.2 Å². The summed E-state index contributed by atoms with van der Waals surface area (Å²) in [5.74, 6) is 0.133.